The number of nitrogens with one attached hydrogen (secondary N) is 2. The predicted octanol–water partition coefficient (Wildman–Crippen LogP) is 3.51. The fourth-order valence-electron chi connectivity index (χ4n) is 3.31. The number of hydrogen-bond acceptors (Lipinski definition) is 6. The van der Waals surface area contributed by atoms with Gasteiger partial charge in [-0.15, -0.1) is 10.2 Å². The highest BCUT2D eigenvalue weighted by Crippen LogP contribution is 2.30. The molecule has 3 aromatic rings. The zero-order valence-corrected chi connectivity index (χ0v) is 17.5. The lowest BCUT2D eigenvalue weighted by Gasteiger charge is -2.15. The minimum absolute atomic E-state index is 0.860. The average molecular weight is 381 g/mol. The van der Waals surface area contributed by atoms with Crippen molar-refractivity contribution in [2.24, 2.45) is 0 Å². The molecule has 0 saturated heterocycles. The van der Waals surface area contributed by atoms with Gasteiger partial charge in [-0.2, -0.15) is 0 Å². The Labute approximate surface area is 167 Å². The third kappa shape index (κ3) is 5.30. The zero-order valence-electron chi connectivity index (χ0n) is 17.5. The summed E-state index contributed by atoms with van der Waals surface area (Å²) in [7, 11) is 8.38. The SMILES string of the molecule is CN(C)CCCNc1nnc(NCCCN(C)C)c2cc3ccccc3cc12. The maximum Gasteiger partial charge on any atom is 0.156 e. The fraction of sp³-hybridized carbons (Fsp3) is 0.455. The Morgan fingerprint density at radius 3 is 1.54 bits per heavy atom. The second-order valence-corrected chi connectivity index (χ2v) is 7.81. The van der Waals surface area contributed by atoms with Crippen LogP contribution in [0.15, 0.2) is 36.4 Å². The molecule has 0 atom stereocenters. The minimum atomic E-state index is 0.860. The molecule has 0 spiro atoms. The van der Waals surface area contributed by atoms with Gasteiger partial charge >= 0.3 is 0 Å². The van der Waals surface area contributed by atoms with Crippen molar-refractivity contribution < 1.29 is 0 Å². The van der Waals surface area contributed by atoms with Crippen LogP contribution in [0.25, 0.3) is 21.5 Å². The highest BCUT2D eigenvalue weighted by atomic mass is 15.2. The summed E-state index contributed by atoms with van der Waals surface area (Å²) < 4.78 is 0. The van der Waals surface area contributed by atoms with Crippen LogP contribution in [0.3, 0.4) is 0 Å². The quantitative estimate of drug-likeness (QED) is 0.415. The van der Waals surface area contributed by atoms with Crippen LogP contribution in [-0.2, 0) is 0 Å². The molecule has 150 valence electrons. The lowest BCUT2D eigenvalue weighted by atomic mass is 10.0. The lowest BCUT2D eigenvalue weighted by molar-refractivity contribution is 0.405. The number of nitrogens with zero attached hydrogens (tertiary/aromatic N) is 4. The molecule has 1 heterocycles. The molecule has 1 aromatic heterocycles. The first-order chi connectivity index (χ1) is 13.5. The van der Waals surface area contributed by atoms with Crippen LogP contribution in [0, 0.1) is 0 Å². The van der Waals surface area contributed by atoms with Gasteiger partial charge in [-0.05, 0) is 77.0 Å². The Kier molecular flexibility index (Phi) is 7.01. The van der Waals surface area contributed by atoms with Crippen molar-refractivity contribution in [1.29, 1.82) is 0 Å². The summed E-state index contributed by atoms with van der Waals surface area (Å²) in [6.07, 6.45) is 2.13. The molecule has 3 rings (SSSR count). The first kappa shape index (κ1) is 20.3. The zero-order chi connectivity index (χ0) is 19.9. The van der Waals surface area contributed by atoms with Gasteiger partial charge in [0.2, 0.25) is 0 Å². The molecule has 0 amide bonds. The standard InChI is InChI=1S/C22H32N6/c1-27(2)13-7-11-23-21-19-15-17-9-5-6-10-18(17)16-20(19)22(26-25-21)24-12-8-14-28(3)4/h5-6,9-10,15-16H,7-8,11-14H2,1-4H3,(H,23,25)(H,24,26). The van der Waals surface area contributed by atoms with E-state index in [1.54, 1.807) is 0 Å². The van der Waals surface area contributed by atoms with E-state index in [1.165, 1.54) is 10.8 Å². The van der Waals surface area contributed by atoms with Crippen LogP contribution in [0.2, 0.25) is 0 Å². The average Bonchev–Trinajstić information content (AvgIpc) is 2.67. The molecule has 0 aliphatic rings. The van der Waals surface area contributed by atoms with E-state index in [1.807, 2.05) is 0 Å². The molecule has 0 aliphatic heterocycles. The van der Waals surface area contributed by atoms with Crippen LogP contribution in [-0.4, -0.2) is 74.4 Å². The molecular weight excluding hydrogens is 348 g/mol. The Morgan fingerprint density at radius 2 is 1.14 bits per heavy atom. The molecule has 2 N–H and O–H groups in total. The van der Waals surface area contributed by atoms with Gasteiger partial charge in [-0.1, -0.05) is 24.3 Å². The number of benzene rings is 2. The van der Waals surface area contributed by atoms with Crippen molar-refractivity contribution in [3.63, 3.8) is 0 Å². The summed E-state index contributed by atoms with van der Waals surface area (Å²) in [5.74, 6) is 1.72. The van der Waals surface area contributed by atoms with E-state index >= 15 is 0 Å². The third-order valence-corrected chi connectivity index (χ3v) is 4.80. The molecule has 0 saturated carbocycles. The van der Waals surface area contributed by atoms with Gasteiger partial charge in [-0.3, -0.25) is 0 Å². The Hall–Kier alpha value is -2.44. The van der Waals surface area contributed by atoms with Crippen LogP contribution in [0.4, 0.5) is 11.6 Å². The van der Waals surface area contributed by atoms with Gasteiger partial charge in [-0.25, -0.2) is 0 Å². The fourth-order valence-corrected chi connectivity index (χ4v) is 3.31. The first-order valence-corrected chi connectivity index (χ1v) is 10.0. The second-order valence-electron chi connectivity index (χ2n) is 7.81. The van der Waals surface area contributed by atoms with Gasteiger partial charge in [0.25, 0.3) is 0 Å². The molecule has 6 nitrogen and oxygen atoms in total. The topological polar surface area (TPSA) is 56.3 Å². The van der Waals surface area contributed by atoms with E-state index in [-0.39, 0.29) is 0 Å². The van der Waals surface area contributed by atoms with Crippen molar-refractivity contribution in [2.45, 2.75) is 12.8 Å². The number of rotatable bonds is 10. The molecule has 0 radical (unpaired) electrons. The summed E-state index contributed by atoms with van der Waals surface area (Å²) in [6.45, 7) is 3.86. The van der Waals surface area contributed by atoms with Crippen molar-refractivity contribution in [3.05, 3.63) is 36.4 Å². The summed E-state index contributed by atoms with van der Waals surface area (Å²) >= 11 is 0. The van der Waals surface area contributed by atoms with E-state index in [4.69, 9.17) is 0 Å². The molecule has 0 unspecified atom stereocenters. The van der Waals surface area contributed by atoms with Gasteiger partial charge in [0.1, 0.15) is 0 Å². The minimum Gasteiger partial charge on any atom is -0.368 e. The summed E-state index contributed by atoms with van der Waals surface area (Å²) in [5.41, 5.74) is 0. The smallest absolute Gasteiger partial charge is 0.156 e. The Bertz CT molecular complexity index is 832. The number of aromatic nitrogens is 2. The van der Waals surface area contributed by atoms with Gasteiger partial charge in [0.15, 0.2) is 11.6 Å². The second kappa shape index (κ2) is 9.66. The largest absolute Gasteiger partial charge is 0.368 e. The van der Waals surface area contributed by atoms with Crippen LogP contribution >= 0.6 is 0 Å². The first-order valence-electron chi connectivity index (χ1n) is 10.0. The molecule has 2 aromatic carbocycles. The van der Waals surface area contributed by atoms with Crippen molar-refractivity contribution in [3.8, 4) is 0 Å². The summed E-state index contributed by atoms with van der Waals surface area (Å²) in [5, 5.41) is 20.6. The lowest BCUT2D eigenvalue weighted by Crippen LogP contribution is -2.18. The third-order valence-electron chi connectivity index (χ3n) is 4.80. The van der Waals surface area contributed by atoms with Gasteiger partial charge in [0.05, 0.1) is 0 Å². The summed E-state index contributed by atoms with van der Waals surface area (Å²) in [6, 6.07) is 12.9. The number of anilines is 2. The maximum atomic E-state index is 4.50. The molecule has 0 bridgehead atoms. The Morgan fingerprint density at radius 1 is 0.714 bits per heavy atom. The normalized spacial score (nSPS) is 11.6. The van der Waals surface area contributed by atoms with E-state index in [0.717, 1.165) is 61.4 Å². The molecule has 0 aliphatic carbocycles. The molecular formula is C22H32N6. The van der Waals surface area contributed by atoms with Crippen LogP contribution in [0.1, 0.15) is 12.8 Å². The van der Waals surface area contributed by atoms with Crippen molar-refractivity contribution in [2.75, 3.05) is 65.0 Å². The molecule has 28 heavy (non-hydrogen) atoms. The highest BCUT2D eigenvalue weighted by Gasteiger charge is 2.11. The maximum absolute atomic E-state index is 4.50. The highest BCUT2D eigenvalue weighted by molar-refractivity contribution is 6.06. The van der Waals surface area contributed by atoms with Crippen LogP contribution < -0.4 is 10.6 Å². The van der Waals surface area contributed by atoms with Crippen molar-refractivity contribution in [1.82, 2.24) is 20.0 Å². The molecule has 0 fully saturated rings. The van der Waals surface area contributed by atoms with Crippen LogP contribution in [0.5, 0.6) is 0 Å². The van der Waals surface area contributed by atoms with E-state index in [0.29, 0.717) is 0 Å². The van der Waals surface area contributed by atoms with E-state index in [9.17, 15) is 0 Å². The number of fused-ring (bicyclic) bond motifs is 2. The monoisotopic (exact) mass is 380 g/mol. The predicted molar refractivity (Wildman–Crippen MR) is 120 cm³/mol. The van der Waals surface area contributed by atoms with Gasteiger partial charge in [0, 0.05) is 23.9 Å². The van der Waals surface area contributed by atoms with E-state index < -0.39 is 0 Å². The number of hydrogen-bond donors (Lipinski definition) is 2. The summed E-state index contributed by atoms with van der Waals surface area (Å²) in [4.78, 5) is 4.39. The van der Waals surface area contributed by atoms with Gasteiger partial charge < -0.3 is 20.4 Å². The molecule has 6 heteroatoms. The van der Waals surface area contributed by atoms with Crippen molar-refractivity contribution >= 4 is 33.2 Å². The van der Waals surface area contributed by atoms with E-state index in [2.05, 4.69) is 95.2 Å². The Balaban J connectivity index is 1.87.